The smallest absolute Gasteiger partial charge is 0.339 e. The Balaban J connectivity index is 1.31. The van der Waals surface area contributed by atoms with Gasteiger partial charge in [0.2, 0.25) is 10.0 Å². The van der Waals surface area contributed by atoms with Crippen LogP contribution in [0.3, 0.4) is 0 Å². The first-order valence-corrected chi connectivity index (χ1v) is 14.8. The molecule has 4 heterocycles. The van der Waals surface area contributed by atoms with Crippen LogP contribution in [0.25, 0.3) is 5.65 Å². The summed E-state index contributed by atoms with van der Waals surface area (Å²) in [6, 6.07) is 16.9. The van der Waals surface area contributed by atoms with Crippen LogP contribution in [-0.2, 0) is 26.9 Å². The molecule has 2 aromatic carbocycles. The number of hydrogen-bond acceptors (Lipinski definition) is 9. The number of benzene rings is 2. The molecule has 2 aromatic heterocycles. The van der Waals surface area contributed by atoms with Gasteiger partial charge in [-0.2, -0.15) is 9.61 Å². The lowest BCUT2D eigenvalue weighted by Crippen LogP contribution is -2.45. The fraction of sp³-hybridized carbons (Fsp3) is 0.250. The highest BCUT2D eigenvalue weighted by Crippen LogP contribution is 2.44. The number of fused-ring (bicyclic) bond motifs is 3. The molecule has 1 saturated heterocycles. The molecule has 6 rings (SSSR count). The summed E-state index contributed by atoms with van der Waals surface area (Å²) in [5.41, 5.74) is 1.85. The highest BCUT2D eigenvalue weighted by atomic mass is 32.2. The van der Waals surface area contributed by atoms with Crippen molar-refractivity contribution in [3.63, 3.8) is 0 Å². The van der Waals surface area contributed by atoms with Gasteiger partial charge in [0, 0.05) is 44.2 Å². The number of likely N-dealkylation sites (tertiary alicyclic amines) is 1. The van der Waals surface area contributed by atoms with E-state index in [0.29, 0.717) is 43.9 Å². The maximum atomic E-state index is 13.9. The molecular formula is C28H26N6O6S. The third-order valence-corrected chi connectivity index (χ3v) is 7.92. The van der Waals surface area contributed by atoms with Gasteiger partial charge in [0.05, 0.1) is 18.0 Å². The Morgan fingerprint density at radius 2 is 1.71 bits per heavy atom. The SMILES string of the molecule is CS(=O)(=O)NC(=O)c1cnn2c(NCc3ccccc3)c(C(=O)N3CCC4(CC3)OC(=O)c3ccccc34)cnc12. The Kier molecular flexibility index (Phi) is 6.45. The average molecular weight is 575 g/mol. The van der Waals surface area contributed by atoms with E-state index in [1.807, 2.05) is 47.2 Å². The van der Waals surface area contributed by atoms with Crippen LogP contribution in [0, 0.1) is 0 Å². The second kappa shape index (κ2) is 10.0. The maximum Gasteiger partial charge on any atom is 0.339 e. The van der Waals surface area contributed by atoms with E-state index in [2.05, 4.69) is 15.4 Å². The number of rotatable bonds is 6. The summed E-state index contributed by atoms with van der Waals surface area (Å²) in [7, 11) is -3.81. The number of aromatic nitrogens is 3. The van der Waals surface area contributed by atoms with Gasteiger partial charge < -0.3 is 15.0 Å². The fourth-order valence-corrected chi connectivity index (χ4v) is 5.83. The van der Waals surface area contributed by atoms with Crippen LogP contribution in [0.2, 0.25) is 0 Å². The van der Waals surface area contributed by atoms with Gasteiger partial charge in [0.1, 0.15) is 22.5 Å². The Morgan fingerprint density at radius 3 is 2.44 bits per heavy atom. The van der Waals surface area contributed by atoms with Gasteiger partial charge in [-0.05, 0) is 11.6 Å². The summed E-state index contributed by atoms with van der Waals surface area (Å²) < 4.78 is 32.3. The van der Waals surface area contributed by atoms with Crippen LogP contribution in [0.1, 0.15) is 55.0 Å². The van der Waals surface area contributed by atoms with Crippen LogP contribution in [0.15, 0.2) is 67.0 Å². The molecule has 0 bridgehead atoms. The molecule has 0 unspecified atom stereocenters. The number of esters is 1. The number of sulfonamides is 1. The van der Waals surface area contributed by atoms with E-state index in [0.717, 1.165) is 17.4 Å². The van der Waals surface area contributed by atoms with Gasteiger partial charge in [-0.3, -0.25) is 9.59 Å². The number of hydrogen-bond donors (Lipinski definition) is 2. The summed E-state index contributed by atoms with van der Waals surface area (Å²) in [4.78, 5) is 44.9. The molecule has 0 radical (unpaired) electrons. The average Bonchev–Trinajstić information content (AvgIpc) is 3.51. The first-order chi connectivity index (χ1) is 19.7. The van der Waals surface area contributed by atoms with Crippen LogP contribution in [-0.4, -0.2) is 65.0 Å². The molecular weight excluding hydrogens is 548 g/mol. The van der Waals surface area contributed by atoms with E-state index in [1.165, 1.54) is 16.9 Å². The van der Waals surface area contributed by atoms with E-state index >= 15 is 0 Å². The summed E-state index contributed by atoms with van der Waals surface area (Å²) in [5.74, 6) is -1.23. The minimum atomic E-state index is -3.81. The number of anilines is 1. The molecule has 0 atom stereocenters. The van der Waals surface area contributed by atoms with Crippen LogP contribution in [0.4, 0.5) is 5.82 Å². The zero-order valence-electron chi connectivity index (χ0n) is 22.0. The van der Waals surface area contributed by atoms with Crippen LogP contribution >= 0.6 is 0 Å². The largest absolute Gasteiger partial charge is 0.450 e. The lowest BCUT2D eigenvalue weighted by Gasteiger charge is -2.38. The monoisotopic (exact) mass is 574 g/mol. The first kappa shape index (κ1) is 26.4. The lowest BCUT2D eigenvalue weighted by atomic mass is 9.83. The van der Waals surface area contributed by atoms with E-state index < -0.39 is 21.5 Å². The van der Waals surface area contributed by atoms with E-state index in [9.17, 15) is 22.8 Å². The zero-order chi connectivity index (χ0) is 28.8. The molecule has 0 saturated carbocycles. The Bertz CT molecular complexity index is 1800. The summed E-state index contributed by atoms with van der Waals surface area (Å²) in [6.45, 7) is 1.04. The van der Waals surface area contributed by atoms with Gasteiger partial charge >= 0.3 is 5.97 Å². The van der Waals surface area contributed by atoms with Crippen molar-refractivity contribution in [2.24, 2.45) is 0 Å². The highest BCUT2D eigenvalue weighted by molar-refractivity contribution is 7.89. The third kappa shape index (κ3) is 4.88. The van der Waals surface area contributed by atoms with Crippen LogP contribution < -0.4 is 10.0 Å². The van der Waals surface area contributed by atoms with Gasteiger partial charge in [-0.25, -0.2) is 22.9 Å². The summed E-state index contributed by atoms with van der Waals surface area (Å²) in [6.07, 6.45) is 4.34. The molecule has 13 heteroatoms. The Morgan fingerprint density at radius 1 is 1.00 bits per heavy atom. The van der Waals surface area contributed by atoms with Crippen molar-refractivity contribution in [3.05, 3.63) is 94.8 Å². The van der Waals surface area contributed by atoms with E-state index in [-0.39, 0.29) is 28.7 Å². The topological polar surface area (TPSA) is 152 Å². The van der Waals surface area contributed by atoms with Gasteiger partial charge in [-0.15, -0.1) is 0 Å². The molecule has 1 spiro atoms. The molecule has 41 heavy (non-hydrogen) atoms. The van der Waals surface area contributed by atoms with Gasteiger partial charge in [0.25, 0.3) is 11.8 Å². The summed E-state index contributed by atoms with van der Waals surface area (Å²) >= 11 is 0. The van der Waals surface area contributed by atoms with Gasteiger partial charge in [-0.1, -0.05) is 48.5 Å². The molecule has 2 N–H and O–H groups in total. The molecule has 1 fully saturated rings. The fourth-order valence-electron chi connectivity index (χ4n) is 5.38. The molecule has 2 aliphatic heterocycles. The second-order valence-electron chi connectivity index (χ2n) is 10.1. The van der Waals surface area contributed by atoms with Crippen molar-refractivity contribution < 1.29 is 27.5 Å². The van der Waals surface area contributed by atoms with E-state index in [4.69, 9.17) is 4.74 Å². The number of nitrogens with zero attached hydrogens (tertiary/aromatic N) is 4. The highest BCUT2D eigenvalue weighted by Gasteiger charge is 2.48. The standard InChI is InChI=1S/C28H26N6O6S/c1-41(38,39)32-25(35)20-17-31-34-23(20)30-16-21(24(34)29-15-18-7-3-2-4-8-18)26(36)33-13-11-28(12-14-33)22-10-6-5-9-19(22)27(37)40-28/h2-10,16-17,29H,11-15H2,1H3,(H,32,35). The van der Waals surface area contributed by atoms with Crippen molar-refractivity contribution in [2.75, 3.05) is 24.7 Å². The first-order valence-electron chi connectivity index (χ1n) is 12.9. The predicted molar refractivity (Wildman–Crippen MR) is 148 cm³/mol. The van der Waals surface area contributed by atoms with Crippen molar-refractivity contribution in [3.8, 4) is 0 Å². The molecule has 12 nitrogen and oxygen atoms in total. The third-order valence-electron chi connectivity index (χ3n) is 7.37. The number of nitrogens with one attached hydrogen (secondary N) is 2. The number of ether oxygens (including phenoxy) is 1. The Labute approximate surface area is 235 Å². The number of carbonyl (C=O) groups is 3. The number of amides is 2. The minimum Gasteiger partial charge on any atom is -0.450 e. The Hall–Kier alpha value is -4.78. The van der Waals surface area contributed by atoms with Crippen molar-refractivity contribution in [2.45, 2.75) is 25.0 Å². The van der Waals surface area contributed by atoms with Crippen LogP contribution in [0.5, 0.6) is 0 Å². The molecule has 0 aliphatic carbocycles. The molecule has 2 amide bonds. The lowest BCUT2D eigenvalue weighted by molar-refractivity contribution is -0.0389. The quantitative estimate of drug-likeness (QED) is 0.331. The predicted octanol–water partition coefficient (Wildman–Crippen LogP) is 2.33. The maximum absolute atomic E-state index is 13.9. The molecule has 2 aliphatic rings. The minimum absolute atomic E-state index is 0.0567. The number of carbonyl (C=O) groups excluding carboxylic acids is 3. The second-order valence-corrected chi connectivity index (χ2v) is 11.8. The van der Waals surface area contributed by atoms with Gasteiger partial charge in [0.15, 0.2) is 5.65 Å². The van der Waals surface area contributed by atoms with E-state index in [1.54, 1.807) is 17.0 Å². The number of piperidine rings is 1. The normalized spacial score (nSPS) is 15.9. The summed E-state index contributed by atoms with van der Waals surface area (Å²) in [5, 5.41) is 7.52. The van der Waals surface area contributed by atoms with Crippen molar-refractivity contribution in [1.82, 2.24) is 24.2 Å². The molecule has 4 aromatic rings. The van der Waals surface area contributed by atoms with Crippen molar-refractivity contribution in [1.29, 1.82) is 0 Å². The zero-order valence-corrected chi connectivity index (χ0v) is 22.8. The molecule has 210 valence electrons. The van der Waals surface area contributed by atoms with Crippen molar-refractivity contribution >= 4 is 39.3 Å².